The Bertz CT molecular complexity index is 1430. The maximum absolute atomic E-state index is 14.2. The molecule has 0 amide bonds. The van der Waals surface area contributed by atoms with E-state index in [-0.39, 0.29) is 5.56 Å². The van der Waals surface area contributed by atoms with E-state index in [1.807, 2.05) is 39.0 Å². The Hall–Kier alpha value is -4.16. The van der Waals surface area contributed by atoms with Gasteiger partial charge in [-0.3, -0.25) is 14.6 Å². The van der Waals surface area contributed by atoms with Crippen molar-refractivity contribution in [1.82, 2.24) is 20.2 Å². The van der Waals surface area contributed by atoms with Crippen LogP contribution < -0.4 is 5.32 Å². The van der Waals surface area contributed by atoms with Gasteiger partial charge in [-0.25, -0.2) is 13.8 Å². The first-order chi connectivity index (χ1) is 19.8. The van der Waals surface area contributed by atoms with Crippen molar-refractivity contribution in [2.45, 2.75) is 47.1 Å². The van der Waals surface area contributed by atoms with Crippen LogP contribution in [0.3, 0.4) is 0 Å². The van der Waals surface area contributed by atoms with E-state index < -0.39 is 30.1 Å². The number of nitrogens with one attached hydrogen (secondary N) is 1. The van der Waals surface area contributed by atoms with Crippen LogP contribution in [0.5, 0.6) is 0 Å². The number of hydrogen-bond acceptors (Lipinski definition) is 6. The fourth-order valence-corrected chi connectivity index (χ4v) is 5.58. The van der Waals surface area contributed by atoms with Gasteiger partial charge >= 0.3 is 5.97 Å². The van der Waals surface area contributed by atoms with Crippen molar-refractivity contribution in [3.05, 3.63) is 82.4 Å². The number of aromatic nitrogens is 2. The molecule has 1 saturated heterocycles. The number of rotatable bonds is 6. The molecule has 3 aromatic rings. The van der Waals surface area contributed by atoms with Gasteiger partial charge in [-0.2, -0.15) is 0 Å². The lowest BCUT2D eigenvalue weighted by atomic mass is 9.92. The van der Waals surface area contributed by atoms with E-state index >= 15 is 0 Å². The van der Waals surface area contributed by atoms with Crippen LogP contribution in [0.1, 0.15) is 59.2 Å². The van der Waals surface area contributed by atoms with Crippen LogP contribution in [-0.4, -0.2) is 52.4 Å². The number of piperidine rings is 1. The van der Waals surface area contributed by atoms with Gasteiger partial charge in [0.2, 0.25) is 0 Å². The minimum absolute atomic E-state index is 0.104. The number of fused-ring (bicyclic) bond motifs is 1. The van der Waals surface area contributed by atoms with Gasteiger partial charge in [0, 0.05) is 30.9 Å². The van der Waals surface area contributed by atoms with Gasteiger partial charge in [-0.1, -0.05) is 38.5 Å². The van der Waals surface area contributed by atoms with Crippen molar-refractivity contribution < 1.29 is 23.5 Å². The molecule has 9 heteroatoms. The Morgan fingerprint density at radius 1 is 1.17 bits per heavy atom. The highest BCUT2D eigenvalue weighted by Gasteiger charge is 2.61. The minimum Gasteiger partial charge on any atom is -0.481 e. The summed E-state index contributed by atoms with van der Waals surface area (Å²) in [4.78, 5) is 31.1. The molecule has 1 saturated carbocycles. The SMILES string of the molecule is C#CNC(CC(=O)O)c1cc(-c2c(C)cccc2C)cc(F)c1F.CN1CC2C(C1)C2(C)C.Cc1cnc(C=O)cn1. The number of nitrogens with zero attached hydrogens (tertiary/aromatic N) is 3. The monoisotopic (exact) mass is 576 g/mol. The number of likely N-dealkylation sites (tertiary alicyclic amines) is 1. The lowest BCUT2D eigenvalue weighted by Gasteiger charge is -2.18. The number of halogens is 2. The zero-order chi connectivity index (χ0) is 31.2. The largest absolute Gasteiger partial charge is 0.481 e. The van der Waals surface area contributed by atoms with Crippen molar-refractivity contribution in [2.75, 3.05) is 20.1 Å². The van der Waals surface area contributed by atoms with Crippen molar-refractivity contribution in [1.29, 1.82) is 0 Å². The molecule has 2 N–H and O–H groups in total. The van der Waals surface area contributed by atoms with E-state index in [4.69, 9.17) is 11.5 Å². The molecule has 2 aliphatic rings. The summed E-state index contributed by atoms with van der Waals surface area (Å²) in [6.07, 6.45) is 8.38. The third-order valence-electron chi connectivity index (χ3n) is 8.06. The van der Waals surface area contributed by atoms with E-state index in [0.29, 0.717) is 23.0 Å². The molecule has 0 bridgehead atoms. The van der Waals surface area contributed by atoms with Crippen LogP contribution in [0.25, 0.3) is 11.1 Å². The molecule has 2 heterocycles. The first kappa shape index (κ1) is 32.4. The summed E-state index contributed by atoms with van der Waals surface area (Å²) >= 11 is 0. The van der Waals surface area contributed by atoms with E-state index in [2.05, 4.69) is 47.1 Å². The Labute approximate surface area is 246 Å². The molecule has 5 rings (SSSR count). The Morgan fingerprint density at radius 3 is 2.26 bits per heavy atom. The zero-order valence-electron chi connectivity index (χ0n) is 24.9. The molecule has 42 heavy (non-hydrogen) atoms. The second-order valence-corrected chi connectivity index (χ2v) is 11.5. The maximum Gasteiger partial charge on any atom is 0.305 e. The minimum atomic E-state index is -1.17. The summed E-state index contributed by atoms with van der Waals surface area (Å²) < 4.78 is 28.4. The Balaban J connectivity index is 0.000000216. The summed E-state index contributed by atoms with van der Waals surface area (Å²) in [7, 11) is 2.22. The average Bonchev–Trinajstić information content (AvgIpc) is 3.21. The third-order valence-corrected chi connectivity index (χ3v) is 8.06. The van der Waals surface area contributed by atoms with Crippen molar-refractivity contribution in [3.8, 4) is 23.6 Å². The van der Waals surface area contributed by atoms with E-state index in [1.165, 1.54) is 25.4 Å². The highest BCUT2D eigenvalue weighted by Crippen LogP contribution is 2.61. The molecule has 7 nitrogen and oxygen atoms in total. The van der Waals surface area contributed by atoms with Crippen molar-refractivity contribution >= 4 is 12.3 Å². The molecular formula is C33H38F2N4O3. The first-order valence-corrected chi connectivity index (χ1v) is 13.7. The molecule has 3 atom stereocenters. The Morgan fingerprint density at radius 2 is 1.79 bits per heavy atom. The van der Waals surface area contributed by atoms with Gasteiger partial charge in [0.1, 0.15) is 5.69 Å². The molecule has 1 aliphatic heterocycles. The van der Waals surface area contributed by atoms with Crippen LogP contribution in [-0.2, 0) is 4.79 Å². The number of carboxylic acid groups (broad SMARTS) is 1. The molecule has 0 spiro atoms. The predicted octanol–water partition coefficient (Wildman–Crippen LogP) is 5.75. The summed E-state index contributed by atoms with van der Waals surface area (Å²) in [6, 6.07) is 9.26. The number of terminal acetylenes is 1. The normalized spacial score (nSPS) is 18.6. The number of aliphatic carboxylic acids is 1. The molecule has 0 radical (unpaired) electrons. The lowest BCUT2D eigenvalue weighted by Crippen LogP contribution is -2.21. The number of carbonyl (C=O) groups excluding carboxylic acids is 1. The zero-order valence-corrected chi connectivity index (χ0v) is 24.9. The van der Waals surface area contributed by atoms with Gasteiger partial charge in [0.25, 0.3) is 0 Å². The van der Waals surface area contributed by atoms with Crippen LogP contribution in [0.2, 0.25) is 0 Å². The summed E-state index contributed by atoms with van der Waals surface area (Å²) in [5, 5.41) is 11.4. The number of carboxylic acids is 1. The molecule has 2 fully saturated rings. The first-order valence-electron chi connectivity index (χ1n) is 13.7. The molecule has 222 valence electrons. The third kappa shape index (κ3) is 7.77. The van der Waals surface area contributed by atoms with Crippen LogP contribution >= 0.6 is 0 Å². The smallest absolute Gasteiger partial charge is 0.305 e. The highest BCUT2D eigenvalue weighted by atomic mass is 19.2. The van der Waals surface area contributed by atoms with Crippen LogP contribution in [0, 0.1) is 62.1 Å². The maximum atomic E-state index is 14.2. The topological polar surface area (TPSA) is 95.4 Å². The van der Waals surface area contributed by atoms with Gasteiger partial charge in [-0.05, 0) is 79.5 Å². The van der Waals surface area contributed by atoms with Gasteiger partial charge in [-0.15, -0.1) is 0 Å². The Kier molecular flexibility index (Phi) is 10.5. The number of hydrogen-bond donors (Lipinski definition) is 2. The molecule has 3 unspecified atom stereocenters. The summed E-state index contributed by atoms with van der Waals surface area (Å²) in [6.45, 7) is 13.1. The number of aldehydes is 1. The second kappa shape index (κ2) is 13.7. The van der Waals surface area contributed by atoms with Gasteiger partial charge < -0.3 is 15.3 Å². The molecule has 1 aromatic heterocycles. The van der Waals surface area contributed by atoms with Crippen molar-refractivity contribution in [2.24, 2.45) is 17.3 Å². The summed E-state index contributed by atoms with van der Waals surface area (Å²) in [5.74, 6) is -1.25. The standard InChI is InChI=1S/C19H17F2NO2.C8H15N.C6H6N2O/c1-4-22-16(10-17(23)24)14-8-13(9-15(20)19(14)21)18-11(2)6-5-7-12(18)3;1-8(2)6-4-9(3)5-7(6)8;1-5-2-8-6(4-9)3-7-5/h1,5-9,16,22H,10H2,2-3H3,(H,23,24);6-7H,4-5H2,1-3H3;2-4H,1H3. The quantitative estimate of drug-likeness (QED) is 0.219. The van der Waals surface area contributed by atoms with E-state index in [1.54, 1.807) is 6.20 Å². The van der Waals surface area contributed by atoms with Gasteiger partial charge in [0.05, 0.1) is 24.4 Å². The highest BCUT2D eigenvalue weighted by molar-refractivity contribution is 5.72. The fourth-order valence-electron chi connectivity index (χ4n) is 5.58. The lowest BCUT2D eigenvalue weighted by molar-refractivity contribution is -0.137. The van der Waals surface area contributed by atoms with E-state index in [0.717, 1.165) is 40.3 Å². The van der Waals surface area contributed by atoms with Crippen LogP contribution in [0.4, 0.5) is 8.78 Å². The number of aryl methyl sites for hydroxylation is 3. The van der Waals surface area contributed by atoms with Gasteiger partial charge in [0.15, 0.2) is 17.9 Å². The average molecular weight is 577 g/mol. The number of benzene rings is 2. The fraction of sp³-hybridized carbons (Fsp3) is 0.394. The van der Waals surface area contributed by atoms with Crippen molar-refractivity contribution in [3.63, 3.8) is 0 Å². The number of carbonyl (C=O) groups is 2. The molecule has 1 aliphatic carbocycles. The summed E-state index contributed by atoms with van der Waals surface area (Å²) in [5.41, 5.74) is 4.88. The molecular weight excluding hydrogens is 538 g/mol. The van der Waals surface area contributed by atoms with E-state index in [9.17, 15) is 18.4 Å². The molecule has 2 aromatic carbocycles. The predicted molar refractivity (Wildman–Crippen MR) is 159 cm³/mol. The second-order valence-electron chi connectivity index (χ2n) is 11.5. The van der Waals surface area contributed by atoms with Crippen LogP contribution in [0.15, 0.2) is 42.7 Å².